The number of nitrogens with one attached hydrogen (secondary N) is 3. The Labute approximate surface area is 176 Å². The van der Waals surface area contributed by atoms with Crippen molar-refractivity contribution in [3.05, 3.63) is 71.8 Å². The minimum absolute atomic E-state index is 0.00491. The number of ether oxygens (including phenoxy) is 1. The van der Waals surface area contributed by atoms with Crippen molar-refractivity contribution >= 4 is 35.2 Å². The smallest absolute Gasteiger partial charge is 0.269 e. The van der Waals surface area contributed by atoms with Crippen molar-refractivity contribution in [3.63, 3.8) is 0 Å². The van der Waals surface area contributed by atoms with Crippen molar-refractivity contribution in [2.24, 2.45) is 5.92 Å². The van der Waals surface area contributed by atoms with E-state index in [0.717, 1.165) is 12.0 Å². The Morgan fingerprint density at radius 3 is 2.38 bits per heavy atom. The van der Waals surface area contributed by atoms with E-state index in [2.05, 4.69) is 30.0 Å². The predicted molar refractivity (Wildman–Crippen MR) is 118 cm³/mol. The monoisotopic (exact) mass is 411 g/mol. The van der Waals surface area contributed by atoms with E-state index < -0.39 is 5.91 Å². The first-order chi connectivity index (χ1) is 13.9. The molecule has 0 aromatic heterocycles. The first kappa shape index (κ1) is 22.1. The Balaban J connectivity index is 1.74. The largest absolute Gasteiger partial charge is 0.494 e. The number of hydrogen-bond acceptors (Lipinski definition) is 4. The minimum Gasteiger partial charge on any atom is -0.494 e. The highest BCUT2D eigenvalue weighted by molar-refractivity contribution is 7.80. The molecule has 0 aliphatic carbocycles. The van der Waals surface area contributed by atoms with Crippen LogP contribution in [0.1, 0.15) is 36.2 Å². The van der Waals surface area contributed by atoms with E-state index in [1.165, 1.54) is 6.08 Å². The fraction of sp³-hybridized carbons (Fsp3) is 0.227. The van der Waals surface area contributed by atoms with Crippen LogP contribution in [0.5, 0.6) is 5.75 Å². The number of hydrazine groups is 1. The van der Waals surface area contributed by atoms with E-state index in [1.54, 1.807) is 30.3 Å². The maximum absolute atomic E-state index is 12.2. The molecule has 0 bridgehead atoms. The van der Waals surface area contributed by atoms with Crippen LogP contribution < -0.4 is 20.9 Å². The molecule has 0 radical (unpaired) electrons. The number of benzene rings is 2. The van der Waals surface area contributed by atoms with E-state index >= 15 is 0 Å². The maximum atomic E-state index is 12.2. The van der Waals surface area contributed by atoms with Gasteiger partial charge in [-0.2, -0.15) is 0 Å². The summed E-state index contributed by atoms with van der Waals surface area (Å²) in [6, 6.07) is 16.2. The predicted octanol–water partition coefficient (Wildman–Crippen LogP) is 3.46. The summed E-state index contributed by atoms with van der Waals surface area (Å²) in [5.74, 6) is 0.506. The topological polar surface area (TPSA) is 79.5 Å². The summed E-state index contributed by atoms with van der Waals surface area (Å²) in [5.41, 5.74) is 6.28. The summed E-state index contributed by atoms with van der Waals surface area (Å²) < 4.78 is 5.63. The average Bonchev–Trinajstić information content (AvgIpc) is 2.71. The molecular formula is C22H25N3O3S. The normalized spacial score (nSPS) is 10.6. The van der Waals surface area contributed by atoms with Crippen molar-refractivity contribution in [2.45, 2.75) is 20.3 Å². The molecule has 0 atom stereocenters. The third kappa shape index (κ3) is 8.57. The van der Waals surface area contributed by atoms with Gasteiger partial charge in [-0.1, -0.05) is 44.2 Å². The van der Waals surface area contributed by atoms with Gasteiger partial charge in [0.05, 0.1) is 6.61 Å². The third-order valence-electron chi connectivity index (χ3n) is 3.83. The molecule has 0 spiro atoms. The number of carbonyl (C=O) groups is 2. The van der Waals surface area contributed by atoms with E-state index in [1.807, 2.05) is 30.3 Å². The lowest BCUT2D eigenvalue weighted by Gasteiger charge is -2.11. The summed E-state index contributed by atoms with van der Waals surface area (Å²) in [5, 5.41) is 2.45. The van der Waals surface area contributed by atoms with Crippen LogP contribution >= 0.6 is 12.2 Å². The fourth-order valence-corrected chi connectivity index (χ4v) is 2.37. The van der Waals surface area contributed by atoms with Crippen LogP contribution in [0, 0.1) is 5.92 Å². The minimum atomic E-state index is -0.400. The molecule has 6 nitrogen and oxygen atoms in total. The van der Waals surface area contributed by atoms with Gasteiger partial charge in [-0.3, -0.25) is 25.8 Å². The molecule has 152 valence electrons. The van der Waals surface area contributed by atoms with Crippen LogP contribution in [0.15, 0.2) is 60.7 Å². The van der Waals surface area contributed by atoms with Crippen molar-refractivity contribution in [1.29, 1.82) is 0 Å². The molecule has 0 saturated heterocycles. The lowest BCUT2D eigenvalue weighted by Crippen LogP contribution is -2.48. The molecule has 0 saturated carbocycles. The number of amides is 2. The lowest BCUT2D eigenvalue weighted by atomic mass is 10.1. The van der Waals surface area contributed by atoms with E-state index in [-0.39, 0.29) is 11.0 Å². The molecule has 7 heteroatoms. The first-order valence-electron chi connectivity index (χ1n) is 9.31. The summed E-state index contributed by atoms with van der Waals surface area (Å²) in [4.78, 5) is 24.0. The first-order valence-corrected chi connectivity index (χ1v) is 9.72. The van der Waals surface area contributed by atoms with Crippen molar-refractivity contribution in [1.82, 2.24) is 16.2 Å². The third-order valence-corrected chi connectivity index (χ3v) is 4.04. The number of carbonyl (C=O) groups excluding carboxylic acids is 2. The Kier molecular flexibility index (Phi) is 8.85. The Bertz CT molecular complexity index is 849. The molecule has 0 heterocycles. The van der Waals surface area contributed by atoms with E-state index in [9.17, 15) is 9.59 Å². The molecule has 2 aromatic rings. The molecule has 0 aliphatic heterocycles. The van der Waals surface area contributed by atoms with Crippen LogP contribution in [0.4, 0.5) is 0 Å². The maximum Gasteiger partial charge on any atom is 0.269 e. The van der Waals surface area contributed by atoms with Gasteiger partial charge < -0.3 is 4.74 Å². The summed E-state index contributed by atoms with van der Waals surface area (Å²) in [6.07, 6.45) is 4.00. The lowest BCUT2D eigenvalue weighted by molar-refractivity contribution is -0.115. The standard InChI is InChI=1S/C22H25N3O3S/c1-16(2)14-15-28-19-11-9-18(10-12-19)21(27)24-25-22(29)23-20(26)13-8-17-6-4-3-5-7-17/h3-13,16H,14-15H2,1-2H3,(H,24,27)(H2,23,25,26,29)/b13-8+. The Morgan fingerprint density at radius 1 is 1.03 bits per heavy atom. The highest BCUT2D eigenvalue weighted by Gasteiger charge is 2.07. The number of rotatable bonds is 7. The Hall–Kier alpha value is -3.19. The van der Waals surface area contributed by atoms with Gasteiger partial charge in [-0.15, -0.1) is 0 Å². The highest BCUT2D eigenvalue weighted by atomic mass is 32.1. The molecule has 2 rings (SSSR count). The second kappa shape index (κ2) is 11.6. The van der Waals surface area contributed by atoms with Crippen molar-refractivity contribution < 1.29 is 14.3 Å². The van der Waals surface area contributed by atoms with Crippen molar-refractivity contribution in [3.8, 4) is 5.75 Å². The average molecular weight is 412 g/mol. The quantitative estimate of drug-likeness (QED) is 0.369. The summed E-state index contributed by atoms with van der Waals surface area (Å²) in [7, 11) is 0. The SMILES string of the molecule is CC(C)CCOc1ccc(C(=O)NNC(=S)NC(=O)/C=C/c2ccccc2)cc1. The van der Waals surface area contributed by atoms with Gasteiger partial charge in [0.2, 0.25) is 5.91 Å². The molecule has 0 aliphatic rings. The van der Waals surface area contributed by atoms with Crippen LogP contribution in [0.3, 0.4) is 0 Å². The summed E-state index contributed by atoms with van der Waals surface area (Å²) >= 11 is 5.01. The molecule has 2 aromatic carbocycles. The highest BCUT2D eigenvalue weighted by Crippen LogP contribution is 2.13. The molecule has 2 amide bonds. The summed E-state index contributed by atoms with van der Waals surface area (Å²) in [6.45, 7) is 4.91. The van der Waals surface area contributed by atoms with Crippen LogP contribution in [0.2, 0.25) is 0 Å². The van der Waals surface area contributed by atoms with Crippen molar-refractivity contribution in [2.75, 3.05) is 6.61 Å². The number of thiocarbonyl (C=S) groups is 1. The van der Waals surface area contributed by atoms with Gasteiger partial charge in [0.25, 0.3) is 5.91 Å². The number of hydrogen-bond donors (Lipinski definition) is 3. The van der Waals surface area contributed by atoms with Gasteiger partial charge in [0.1, 0.15) is 5.75 Å². The van der Waals surface area contributed by atoms with Crippen LogP contribution in [-0.2, 0) is 4.79 Å². The molecule has 0 unspecified atom stereocenters. The van der Waals surface area contributed by atoms with E-state index in [4.69, 9.17) is 17.0 Å². The molecule has 29 heavy (non-hydrogen) atoms. The fourth-order valence-electron chi connectivity index (χ4n) is 2.22. The van der Waals surface area contributed by atoms with Gasteiger partial charge in [-0.05, 0) is 60.5 Å². The van der Waals surface area contributed by atoms with Crippen LogP contribution in [-0.4, -0.2) is 23.5 Å². The zero-order valence-electron chi connectivity index (χ0n) is 16.5. The second-order valence-corrected chi connectivity index (χ2v) is 7.11. The van der Waals surface area contributed by atoms with E-state index in [0.29, 0.717) is 23.8 Å². The molecule has 3 N–H and O–H groups in total. The molecule has 0 fully saturated rings. The molecular weight excluding hydrogens is 386 g/mol. The Morgan fingerprint density at radius 2 is 1.72 bits per heavy atom. The van der Waals surface area contributed by atoms with Gasteiger partial charge in [-0.25, -0.2) is 0 Å². The second-order valence-electron chi connectivity index (χ2n) is 6.70. The van der Waals surface area contributed by atoms with Gasteiger partial charge in [0.15, 0.2) is 5.11 Å². The zero-order valence-corrected chi connectivity index (χ0v) is 17.3. The van der Waals surface area contributed by atoms with Gasteiger partial charge >= 0.3 is 0 Å². The van der Waals surface area contributed by atoms with Gasteiger partial charge in [0, 0.05) is 11.6 Å². The van der Waals surface area contributed by atoms with Crippen LogP contribution in [0.25, 0.3) is 6.08 Å². The zero-order chi connectivity index (χ0) is 21.1.